The summed E-state index contributed by atoms with van der Waals surface area (Å²) in [5, 5.41) is 4.28. The predicted molar refractivity (Wildman–Crippen MR) is 249 cm³/mol. The van der Waals surface area contributed by atoms with Crippen LogP contribution < -0.4 is 15.9 Å². The first kappa shape index (κ1) is 54.0. The van der Waals surface area contributed by atoms with Crippen LogP contribution in [0.15, 0.2) is 91.0 Å². The van der Waals surface area contributed by atoms with E-state index in [9.17, 15) is 0 Å². The first-order valence-corrected chi connectivity index (χ1v) is 40.1. The quantitative estimate of drug-likeness (QED) is 0.151. The van der Waals surface area contributed by atoms with E-state index in [0.717, 1.165) is 0 Å². The standard InChI is InChI=1S/C19H18P.3C6H18NSi2.S.U/c1-20(17-11-5-2-6-12-17,18-13-7-3-8-14-18)19-15-9-4-10-16-19;3*1-8(2,3)7-9(4,5)6;;/h2-16H,1H3;3*1-6H3;;/q+1;3*-1;-2;+4. The van der Waals surface area contributed by atoms with Crippen molar-refractivity contribution in [1.82, 2.24) is 0 Å². The minimum Gasteiger partial charge on any atom is -2.00 e. The van der Waals surface area contributed by atoms with Gasteiger partial charge in [-0.15, -0.1) is 0 Å². The normalized spacial score (nSPS) is 12.3. The van der Waals surface area contributed by atoms with Crippen LogP contribution in [0.25, 0.3) is 13.9 Å². The molecular weight excluding hydrogens is 956 g/mol. The Labute approximate surface area is 343 Å². The summed E-state index contributed by atoms with van der Waals surface area (Å²) in [7, 11) is -8.16. The summed E-state index contributed by atoms with van der Waals surface area (Å²) in [5.74, 6) is 0. The van der Waals surface area contributed by atoms with Gasteiger partial charge in [-0.1, -0.05) is 222 Å². The molecule has 0 aromatic heterocycles. The maximum Gasteiger partial charge on any atom is 4.00 e. The largest absolute Gasteiger partial charge is 4.00 e. The number of nitrogens with zero attached hydrogens (tertiary/aromatic N) is 3. The third kappa shape index (κ3) is 28.8. The molecule has 12 heteroatoms. The Kier molecular flexibility index (Phi) is 25.1. The van der Waals surface area contributed by atoms with Gasteiger partial charge in [0.05, 0.1) is 6.66 Å². The fourth-order valence-electron chi connectivity index (χ4n) is 5.64. The van der Waals surface area contributed by atoms with Crippen LogP contribution in [-0.4, -0.2) is 56.1 Å². The summed E-state index contributed by atoms with van der Waals surface area (Å²) < 4.78 is 14.5. The molecule has 3 rings (SSSR count). The van der Waals surface area contributed by atoms with E-state index in [1.165, 1.54) is 15.9 Å². The first-order valence-electron chi connectivity index (χ1n) is 17.2. The molecule has 0 atom stereocenters. The zero-order chi connectivity index (χ0) is 37.0. The summed E-state index contributed by atoms with van der Waals surface area (Å²) in [6.45, 7) is 43.8. The van der Waals surface area contributed by atoms with Gasteiger partial charge in [0, 0.05) is 0 Å². The van der Waals surface area contributed by atoms with Gasteiger partial charge in [0.15, 0.2) is 0 Å². The van der Waals surface area contributed by atoms with Crippen molar-refractivity contribution in [2.24, 2.45) is 0 Å². The topological polar surface area (TPSA) is 42.3 Å². The van der Waals surface area contributed by atoms with Crippen LogP contribution in [0.3, 0.4) is 0 Å². The van der Waals surface area contributed by atoms with Crippen LogP contribution in [0.4, 0.5) is 0 Å². The molecule has 3 nitrogen and oxygen atoms in total. The maximum atomic E-state index is 4.82. The Morgan fingerprint density at radius 1 is 0.327 bits per heavy atom. The van der Waals surface area contributed by atoms with E-state index in [-0.39, 0.29) is 44.6 Å². The van der Waals surface area contributed by atoms with Crippen LogP contribution in [0.2, 0.25) is 118 Å². The fraction of sp³-hybridized carbons (Fsp3) is 0.514. The van der Waals surface area contributed by atoms with Crippen LogP contribution in [0.5, 0.6) is 0 Å². The molecule has 0 bridgehead atoms. The van der Waals surface area contributed by atoms with Crippen molar-refractivity contribution in [2.45, 2.75) is 118 Å². The molecular formula is C37H72N3PSSi6U. The summed E-state index contributed by atoms with van der Waals surface area (Å²) >= 11 is 0. The van der Waals surface area contributed by atoms with Gasteiger partial charge in [0.2, 0.25) is 0 Å². The van der Waals surface area contributed by atoms with Crippen molar-refractivity contribution in [3.8, 4) is 0 Å². The molecule has 0 saturated heterocycles. The Morgan fingerprint density at radius 2 is 0.469 bits per heavy atom. The van der Waals surface area contributed by atoms with Crippen molar-refractivity contribution >= 4 is 86.1 Å². The van der Waals surface area contributed by atoms with Crippen molar-refractivity contribution in [1.29, 1.82) is 0 Å². The molecule has 0 heterocycles. The Bertz CT molecular complexity index is 1070. The molecule has 0 N–H and O–H groups in total. The molecule has 0 spiro atoms. The van der Waals surface area contributed by atoms with Crippen LogP contribution >= 0.6 is 7.26 Å². The number of benzene rings is 3. The van der Waals surface area contributed by atoms with E-state index in [1.807, 2.05) is 0 Å². The second-order valence-corrected chi connectivity index (χ2v) is 50.7. The number of hydrogen-bond donors (Lipinski definition) is 0. The molecule has 0 aliphatic heterocycles. The van der Waals surface area contributed by atoms with Gasteiger partial charge in [-0.3, -0.25) is 0 Å². The molecule has 274 valence electrons. The van der Waals surface area contributed by atoms with E-state index >= 15 is 0 Å². The molecule has 0 fully saturated rings. The average Bonchev–Trinajstić information content (AvgIpc) is 2.84. The molecule has 3 aromatic carbocycles. The SMILES string of the molecule is C[P+](c1ccccc1)(c1ccccc1)c1ccccc1.C[Si](C)(C)[N-][Si](C)(C)C.C[Si](C)(C)[N-][Si](C)(C)C.C[Si](C)(C)[N-][Si](C)(C)C.[S-2].[U+4]. The van der Waals surface area contributed by atoms with Gasteiger partial charge >= 0.3 is 31.1 Å². The molecule has 0 aliphatic carbocycles. The van der Waals surface area contributed by atoms with Gasteiger partial charge in [0.25, 0.3) is 0 Å². The van der Waals surface area contributed by atoms with Crippen LogP contribution in [0, 0.1) is 31.1 Å². The predicted octanol–water partition coefficient (Wildman–Crippen LogP) is 12.7. The first-order chi connectivity index (χ1) is 20.9. The second kappa shape index (κ2) is 22.8. The molecule has 0 aliphatic rings. The van der Waals surface area contributed by atoms with Crippen LogP contribution in [0.1, 0.15) is 0 Å². The monoisotopic (exact) mass is 1030 g/mol. The third-order valence-corrected chi connectivity index (χ3v) is 25.9. The van der Waals surface area contributed by atoms with Crippen molar-refractivity contribution in [3.63, 3.8) is 0 Å². The molecule has 0 saturated carbocycles. The average molecular weight is 1030 g/mol. The minimum absolute atomic E-state index is 0. The van der Waals surface area contributed by atoms with E-state index in [2.05, 4.69) is 216 Å². The van der Waals surface area contributed by atoms with Crippen molar-refractivity contribution < 1.29 is 31.1 Å². The van der Waals surface area contributed by atoms with Gasteiger partial charge < -0.3 is 27.4 Å². The summed E-state index contributed by atoms with van der Waals surface area (Å²) in [4.78, 5) is 0. The Hall–Kier alpha value is 0.673. The minimum atomic E-state index is -1.53. The summed E-state index contributed by atoms with van der Waals surface area (Å²) in [6, 6.07) is 32.6. The number of hydrogen-bond acceptors (Lipinski definition) is 0. The molecule has 3 aromatic rings. The van der Waals surface area contributed by atoms with E-state index in [1.54, 1.807) is 0 Å². The van der Waals surface area contributed by atoms with Crippen molar-refractivity contribution in [3.05, 3.63) is 105 Å². The zero-order valence-electron chi connectivity index (χ0n) is 34.9. The zero-order valence-corrected chi connectivity index (χ0v) is 46.7. The third-order valence-electron chi connectivity index (χ3n) is 5.83. The van der Waals surface area contributed by atoms with Gasteiger partial charge in [0.1, 0.15) is 23.2 Å². The van der Waals surface area contributed by atoms with Crippen LogP contribution in [-0.2, 0) is 13.5 Å². The Morgan fingerprint density at radius 3 is 0.571 bits per heavy atom. The van der Waals surface area contributed by atoms with E-state index in [0.29, 0.717) is 0 Å². The van der Waals surface area contributed by atoms with Crippen molar-refractivity contribution in [2.75, 3.05) is 6.66 Å². The Balaban J connectivity index is -0.000000625. The molecule has 0 amide bonds. The second-order valence-electron chi connectivity index (χ2n) is 18.4. The number of rotatable bonds is 9. The van der Waals surface area contributed by atoms with Gasteiger partial charge in [-0.05, 0) is 36.4 Å². The van der Waals surface area contributed by atoms with Gasteiger partial charge in [-0.2, -0.15) is 0 Å². The van der Waals surface area contributed by atoms with E-state index in [4.69, 9.17) is 13.9 Å². The summed E-state index contributed by atoms with van der Waals surface area (Å²) in [5.41, 5.74) is 0. The molecule has 0 radical (unpaired) electrons. The molecule has 49 heavy (non-hydrogen) atoms. The van der Waals surface area contributed by atoms with E-state index < -0.39 is 56.7 Å². The smallest absolute Gasteiger partial charge is 2.00 e. The molecule has 0 unspecified atom stereocenters. The van der Waals surface area contributed by atoms with Gasteiger partial charge in [-0.25, -0.2) is 0 Å². The summed E-state index contributed by atoms with van der Waals surface area (Å²) in [6.07, 6.45) is 0. The fourth-order valence-corrected chi connectivity index (χ4v) is 33.0. The maximum absolute atomic E-state index is 4.82.